The molecule has 5 unspecified atom stereocenters. The van der Waals surface area contributed by atoms with Crippen molar-refractivity contribution in [2.45, 2.75) is 89.1 Å². The van der Waals surface area contributed by atoms with Crippen molar-refractivity contribution in [3.8, 4) is 0 Å². The fourth-order valence-corrected chi connectivity index (χ4v) is 3.86. The standard InChI is InChI=1S/C23H41NO6/c1-2-3-6-9-18(27)12-13-20-19(21(28)14-22(20)29)10-7-4-5-8-11-23(30)24-17(15-25)16-26/h4,7,12-13,17-22,25-29H,2-3,5-6,8-11,14-16H2,1H3,(H,24,30). The van der Waals surface area contributed by atoms with E-state index in [1.807, 2.05) is 18.2 Å². The van der Waals surface area contributed by atoms with Gasteiger partial charge < -0.3 is 30.8 Å². The molecule has 0 aromatic heterocycles. The van der Waals surface area contributed by atoms with Crippen LogP contribution in [0.25, 0.3) is 0 Å². The Hall–Kier alpha value is -1.25. The second-order valence-electron chi connectivity index (χ2n) is 8.29. The van der Waals surface area contributed by atoms with E-state index in [9.17, 15) is 20.1 Å². The Morgan fingerprint density at radius 1 is 1.10 bits per heavy atom. The number of hydrogen-bond donors (Lipinski definition) is 6. The Bertz CT molecular complexity index is 520. The lowest BCUT2D eigenvalue weighted by atomic mass is 9.89. The highest BCUT2D eigenvalue weighted by Crippen LogP contribution is 2.36. The summed E-state index contributed by atoms with van der Waals surface area (Å²) in [5, 5.41) is 51.1. The van der Waals surface area contributed by atoms with Gasteiger partial charge in [-0.1, -0.05) is 50.5 Å². The zero-order valence-corrected chi connectivity index (χ0v) is 18.2. The fourth-order valence-electron chi connectivity index (χ4n) is 3.86. The zero-order chi connectivity index (χ0) is 22.4. The van der Waals surface area contributed by atoms with E-state index in [-0.39, 0.29) is 31.0 Å². The molecule has 6 N–H and O–H groups in total. The van der Waals surface area contributed by atoms with E-state index < -0.39 is 24.4 Å². The molecule has 0 bridgehead atoms. The molecule has 174 valence electrons. The lowest BCUT2D eigenvalue weighted by Gasteiger charge is -2.19. The van der Waals surface area contributed by atoms with Crippen LogP contribution in [0.4, 0.5) is 0 Å². The summed E-state index contributed by atoms with van der Waals surface area (Å²) in [7, 11) is 0. The molecule has 1 rings (SSSR count). The van der Waals surface area contributed by atoms with Crippen LogP contribution in [-0.4, -0.2) is 69.0 Å². The molecule has 5 atom stereocenters. The number of nitrogens with one attached hydrogen (secondary N) is 1. The Morgan fingerprint density at radius 2 is 1.83 bits per heavy atom. The lowest BCUT2D eigenvalue weighted by molar-refractivity contribution is -0.122. The average molecular weight is 428 g/mol. The first-order chi connectivity index (χ1) is 14.4. The van der Waals surface area contributed by atoms with E-state index in [0.717, 1.165) is 19.3 Å². The average Bonchev–Trinajstić information content (AvgIpc) is 2.99. The number of aliphatic hydroxyl groups is 5. The first-order valence-electron chi connectivity index (χ1n) is 11.3. The summed E-state index contributed by atoms with van der Waals surface area (Å²) in [6.45, 7) is 1.54. The molecule has 0 aromatic carbocycles. The third-order valence-electron chi connectivity index (χ3n) is 5.73. The Balaban J connectivity index is 2.39. The molecular weight excluding hydrogens is 386 g/mol. The molecule has 0 radical (unpaired) electrons. The molecule has 1 saturated carbocycles. The van der Waals surface area contributed by atoms with E-state index in [0.29, 0.717) is 38.5 Å². The van der Waals surface area contributed by atoms with Crippen molar-refractivity contribution in [1.82, 2.24) is 5.32 Å². The number of unbranched alkanes of at least 4 members (excludes halogenated alkanes) is 3. The van der Waals surface area contributed by atoms with Gasteiger partial charge in [-0.2, -0.15) is 0 Å². The second-order valence-corrected chi connectivity index (χ2v) is 8.29. The number of aliphatic hydroxyl groups excluding tert-OH is 5. The molecule has 0 saturated heterocycles. The van der Waals surface area contributed by atoms with Crippen LogP contribution in [0.1, 0.15) is 64.7 Å². The van der Waals surface area contributed by atoms with Crippen LogP contribution in [0.15, 0.2) is 24.3 Å². The molecule has 7 heteroatoms. The van der Waals surface area contributed by atoms with Crippen LogP contribution in [0.2, 0.25) is 0 Å². The van der Waals surface area contributed by atoms with Gasteiger partial charge in [0.15, 0.2) is 0 Å². The quantitative estimate of drug-likeness (QED) is 0.173. The molecule has 0 spiro atoms. The SMILES string of the molecule is CCCCCC(O)C=CC1C(O)CC(O)C1CC=CCCCC(=O)NC(CO)CO. The minimum Gasteiger partial charge on any atom is -0.394 e. The van der Waals surface area contributed by atoms with Crippen molar-refractivity contribution in [3.05, 3.63) is 24.3 Å². The van der Waals surface area contributed by atoms with Gasteiger partial charge >= 0.3 is 0 Å². The number of carbonyl (C=O) groups excluding carboxylic acids is 1. The van der Waals surface area contributed by atoms with Gasteiger partial charge in [-0.15, -0.1) is 0 Å². The highest BCUT2D eigenvalue weighted by Gasteiger charge is 2.39. The number of carbonyl (C=O) groups is 1. The molecule has 0 aliphatic heterocycles. The summed E-state index contributed by atoms with van der Waals surface area (Å²) in [5.74, 6) is -0.466. The fraction of sp³-hybridized carbons (Fsp3) is 0.783. The van der Waals surface area contributed by atoms with E-state index in [1.165, 1.54) is 0 Å². The van der Waals surface area contributed by atoms with Crippen molar-refractivity contribution >= 4 is 5.91 Å². The first-order valence-corrected chi connectivity index (χ1v) is 11.3. The summed E-state index contributed by atoms with van der Waals surface area (Å²) in [4.78, 5) is 11.7. The largest absolute Gasteiger partial charge is 0.394 e. The summed E-state index contributed by atoms with van der Waals surface area (Å²) in [6, 6.07) is -0.613. The zero-order valence-electron chi connectivity index (χ0n) is 18.2. The third-order valence-corrected chi connectivity index (χ3v) is 5.73. The molecule has 1 amide bonds. The summed E-state index contributed by atoms with van der Waals surface area (Å²) >= 11 is 0. The van der Waals surface area contributed by atoms with Crippen LogP contribution in [0.5, 0.6) is 0 Å². The summed E-state index contributed by atoms with van der Waals surface area (Å²) in [6.07, 6.45) is 12.4. The highest BCUT2D eigenvalue weighted by atomic mass is 16.3. The second kappa shape index (κ2) is 15.5. The van der Waals surface area contributed by atoms with Gasteiger partial charge in [-0.25, -0.2) is 0 Å². The predicted octanol–water partition coefficient (Wildman–Crippen LogP) is 1.43. The number of amides is 1. The van der Waals surface area contributed by atoms with Crippen molar-refractivity contribution < 1.29 is 30.3 Å². The van der Waals surface area contributed by atoms with Crippen molar-refractivity contribution in [1.29, 1.82) is 0 Å². The van der Waals surface area contributed by atoms with E-state index >= 15 is 0 Å². The van der Waals surface area contributed by atoms with Gasteiger partial charge in [0, 0.05) is 18.8 Å². The van der Waals surface area contributed by atoms with Crippen LogP contribution >= 0.6 is 0 Å². The van der Waals surface area contributed by atoms with Gasteiger partial charge in [0.25, 0.3) is 0 Å². The molecule has 0 heterocycles. The van der Waals surface area contributed by atoms with Crippen LogP contribution in [-0.2, 0) is 4.79 Å². The molecule has 7 nitrogen and oxygen atoms in total. The smallest absolute Gasteiger partial charge is 0.220 e. The lowest BCUT2D eigenvalue weighted by Crippen LogP contribution is -2.39. The van der Waals surface area contributed by atoms with Gasteiger partial charge in [-0.3, -0.25) is 4.79 Å². The number of allylic oxidation sites excluding steroid dienone is 2. The number of rotatable bonds is 15. The van der Waals surface area contributed by atoms with E-state index in [1.54, 1.807) is 6.08 Å². The number of hydrogen-bond acceptors (Lipinski definition) is 6. The topological polar surface area (TPSA) is 130 Å². The van der Waals surface area contributed by atoms with Crippen molar-refractivity contribution in [2.24, 2.45) is 11.8 Å². The van der Waals surface area contributed by atoms with Crippen LogP contribution in [0.3, 0.4) is 0 Å². The maximum atomic E-state index is 11.7. The molecule has 0 aromatic rings. The van der Waals surface area contributed by atoms with E-state index in [2.05, 4.69) is 12.2 Å². The minimum atomic E-state index is -0.613. The van der Waals surface area contributed by atoms with Gasteiger partial charge in [0.1, 0.15) is 0 Å². The first kappa shape index (κ1) is 26.8. The summed E-state index contributed by atoms with van der Waals surface area (Å²) in [5.41, 5.74) is 0. The molecule has 1 fully saturated rings. The highest BCUT2D eigenvalue weighted by molar-refractivity contribution is 5.76. The maximum absolute atomic E-state index is 11.7. The van der Waals surface area contributed by atoms with Crippen molar-refractivity contribution in [2.75, 3.05) is 13.2 Å². The van der Waals surface area contributed by atoms with Crippen LogP contribution in [0, 0.1) is 11.8 Å². The summed E-state index contributed by atoms with van der Waals surface area (Å²) < 4.78 is 0. The normalized spacial score (nSPS) is 25.6. The Morgan fingerprint density at radius 3 is 2.50 bits per heavy atom. The monoisotopic (exact) mass is 427 g/mol. The predicted molar refractivity (Wildman–Crippen MR) is 117 cm³/mol. The molecule has 1 aliphatic rings. The maximum Gasteiger partial charge on any atom is 0.220 e. The third kappa shape index (κ3) is 10.2. The van der Waals surface area contributed by atoms with Crippen LogP contribution < -0.4 is 5.32 Å². The van der Waals surface area contributed by atoms with Gasteiger partial charge in [-0.05, 0) is 31.6 Å². The van der Waals surface area contributed by atoms with E-state index in [4.69, 9.17) is 10.2 Å². The van der Waals surface area contributed by atoms with Crippen molar-refractivity contribution in [3.63, 3.8) is 0 Å². The minimum absolute atomic E-state index is 0.0893. The molecular formula is C23H41NO6. The molecule has 1 aliphatic carbocycles. The Labute approximate surface area is 180 Å². The molecule has 30 heavy (non-hydrogen) atoms. The van der Waals surface area contributed by atoms with Gasteiger partial charge in [0.05, 0.1) is 37.6 Å². The van der Waals surface area contributed by atoms with Gasteiger partial charge in [0.2, 0.25) is 5.91 Å². The Kier molecular flexibility index (Phi) is 13.9.